The summed E-state index contributed by atoms with van der Waals surface area (Å²) >= 11 is 2.63. The van der Waals surface area contributed by atoms with Gasteiger partial charge in [-0.15, -0.1) is 16.4 Å². The van der Waals surface area contributed by atoms with E-state index in [4.69, 9.17) is 4.74 Å². The highest BCUT2D eigenvalue weighted by Crippen LogP contribution is 2.19. The molecule has 0 spiro atoms. The molecule has 0 aliphatic carbocycles. The number of carbonyl (C=O) groups is 2. The zero-order valence-electron chi connectivity index (χ0n) is 17.6. The maximum absolute atomic E-state index is 12.4. The predicted octanol–water partition coefficient (Wildman–Crippen LogP) is 3.77. The quantitative estimate of drug-likeness (QED) is 0.351. The number of rotatable bonds is 9. The van der Waals surface area contributed by atoms with Gasteiger partial charge >= 0.3 is 0 Å². The van der Waals surface area contributed by atoms with E-state index in [1.807, 2.05) is 35.7 Å². The second-order valence-corrected chi connectivity index (χ2v) is 8.70. The van der Waals surface area contributed by atoms with Gasteiger partial charge in [0, 0.05) is 11.4 Å². The molecule has 0 saturated heterocycles. The summed E-state index contributed by atoms with van der Waals surface area (Å²) in [6.07, 6.45) is 0. The summed E-state index contributed by atoms with van der Waals surface area (Å²) in [5, 5.41) is 19.8. The van der Waals surface area contributed by atoms with Crippen LogP contribution in [0.5, 0.6) is 5.75 Å². The SMILES string of the molecule is COc1ccc(Cn2nnnc2SCC(=O)Nc2ccc(NC(=O)c3cccs3)cc2)cc1. The zero-order chi connectivity index (χ0) is 23.0. The van der Waals surface area contributed by atoms with Gasteiger partial charge in [-0.25, -0.2) is 4.68 Å². The molecule has 33 heavy (non-hydrogen) atoms. The lowest BCUT2D eigenvalue weighted by Crippen LogP contribution is -2.15. The normalized spacial score (nSPS) is 10.6. The molecule has 0 saturated carbocycles. The van der Waals surface area contributed by atoms with Crippen LogP contribution in [0.2, 0.25) is 0 Å². The summed E-state index contributed by atoms with van der Waals surface area (Å²) < 4.78 is 6.81. The summed E-state index contributed by atoms with van der Waals surface area (Å²) in [6, 6.07) is 18.2. The number of ether oxygens (including phenoxy) is 1. The Hall–Kier alpha value is -3.70. The summed E-state index contributed by atoms with van der Waals surface area (Å²) in [5.74, 6) is 0.583. The predicted molar refractivity (Wildman–Crippen MR) is 128 cm³/mol. The summed E-state index contributed by atoms with van der Waals surface area (Å²) in [5.41, 5.74) is 2.30. The van der Waals surface area contributed by atoms with Crippen molar-refractivity contribution in [3.63, 3.8) is 0 Å². The first kappa shape index (κ1) is 22.5. The van der Waals surface area contributed by atoms with E-state index >= 15 is 0 Å². The van der Waals surface area contributed by atoms with Crippen molar-refractivity contribution < 1.29 is 14.3 Å². The number of anilines is 2. The smallest absolute Gasteiger partial charge is 0.265 e. The number of nitrogens with zero attached hydrogens (tertiary/aromatic N) is 4. The lowest BCUT2D eigenvalue weighted by atomic mass is 10.2. The van der Waals surface area contributed by atoms with Gasteiger partial charge < -0.3 is 15.4 Å². The molecular formula is C22H20N6O3S2. The van der Waals surface area contributed by atoms with Gasteiger partial charge in [0.1, 0.15) is 5.75 Å². The summed E-state index contributed by atoms with van der Waals surface area (Å²) in [6.45, 7) is 0.486. The van der Waals surface area contributed by atoms with E-state index in [1.54, 1.807) is 42.1 Å². The first-order chi connectivity index (χ1) is 16.1. The van der Waals surface area contributed by atoms with Crippen LogP contribution in [0.3, 0.4) is 0 Å². The fourth-order valence-corrected chi connectivity index (χ4v) is 4.16. The Morgan fingerprint density at radius 1 is 1.03 bits per heavy atom. The zero-order valence-corrected chi connectivity index (χ0v) is 19.2. The van der Waals surface area contributed by atoms with Gasteiger partial charge in [-0.05, 0) is 63.8 Å². The van der Waals surface area contributed by atoms with Crippen LogP contribution in [0.15, 0.2) is 71.2 Å². The van der Waals surface area contributed by atoms with Gasteiger partial charge in [0.2, 0.25) is 11.1 Å². The number of nitrogens with one attached hydrogen (secondary N) is 2. The molecule has 9 nitrogen and oxygen atoms in total. The van der Waals surface area contributed by atoms with Gasteiger partial charge in [-0.2, -0.15) is 0 Å². The number of methoxy groups -OCH3 is 1. The minimum atomic E-state index is -0.186. The molecule has 0 aliphatic rings. The van der Waals surface area contributed by atoms with E-state index in [0.29, 0.717) is 28.0 Å². The third-order valence-corrected chi connectivity index (χ3v) is 6.32. The van der Waals surface area contributed by atoms with E-state index in [9.17, 15) is 9.59 Å². The number of thioether (sulfide) groups is 1. The fraction of sp³-hybridized carbons (Fsp3) is 0.136. The Labute approximate surface area is 198 Å². The highest BCUT2D eigenvalue weighted by atomic mass is 32.2. The molecule has 0 radical (unpaired) electrons. The molecule has 4 aromatic rings. The first-order valence-electron chi connectivity index (χ1n) is 9.87. The molecule has 2 aromatic carbocycles. The van der Waals surface area contributed by atoms with E-state index in [2.05, 4.69) is 26.2 Å². The highest BCUT2D eigenvalue weighted by Gasteiger charge is 2.12. The Balaban J connectivity index is 1.27. The monoisotopic (exact) mass is 480 g/mol. The molecule has 2 aromatic heterocycles. The van der Waals surface area contributed by atoms with Crippen molar-refractivity contribution in [2.24, 2.45) is 0 Å². The molecule has 2 amide bonds. The molecule has 0 unspecified atom stereocenters. The van der Waals surface area contributed by atoms with Gasteiger partial charge in [0.25, 0.3) is 5.91 Å². The van der Waals surface area contributed by atoms with E-state index < -0.39 is 0 Å². The second kappa shape index (κ2) is 10.7. The number of benzene rings is 2. The van der Waals surface area contributed by atoms with Crippen molar-refractivity contribution in [1.82, 2.24) is 20.2 Å². The lowest BCUT2D eigenvalue weighted by molar-refractivity contribution is -0.113. The Bertz CT molecular complexity index is 1210. The lowest BCUT2D eigenvalue weighted by Gasteiger charge is -2.08. The second-order valence-electron chi connectivity index (χ2n) is 6.81. The van der Waals surface area contributed by atoms with Crippen LogP contribution in [-0.4, -0.2) is 44.9 Å². The van der Waals surface area contributed by atoms with Crippen LogP contribution in [0.4, 0.5) is 11.4 Å². The summed E-state index contributed by atoms with van der Waals surface area (Å²) in [7, 11) is 1.62. The maximum Gasteiger partial charge on any atom is 0.265 e. The number of thiophene rings is 1. The molecule has 4 rings (SSSR count). The van der Waals surface area contributed by atoms with E-state index in [-0.39, 0.29) is 17.6 Å². The molecule has 2 heterocycles. The first-order valence-corrected chi connectivity index (χ1v) is 11.7. The van der Waals surface area contributed by atoms with Crippen molar-refractivity contribution in [2.75, 3.05) is 23.5 Å². The molecule has 2 N–H and O–H groups in total. The van der Waals surface area contributed by atoms with Crippen molar-refractivity contribution in [2.45, 2.75) is 11.7 Å². The van der Waals surface area contributed by atoms with Crippen molar-refractivity contribution in [3.8, 4) is 5.75 Å². The maximum atomic E-state index is 12.4. The molecule has 0 aliphatic heterocycles. The number of hydrogen-bond acceptors (Lipinski definition) is 8. The number of tetrazole rings is 1. The van der Waals surface area contributed by atoms with Crippen molar-refractivity contribution in [1.29, 1.82) is 0 Å². The minimum Gasteiger partial charge on any atom is -0.497 e. The van der Waals surface area contributed by atoms with Crippen LogP contribution >= 0.6 is 23.1 Å². The van der Waals surface area contributed by atoms with Gasteiger partial charge in [-0.3, -0.25) is 9.59 Å². The molecule has 168 valence electrons. The third kappa shape index (κ3) is 6.18. The minimum absolute atomic E-state index is 0.153. The van der Waals surface area contributed by atoms with Gasteiger partial charge in [0.05, 0.1) is 24.3 Å². The molecule has 11 heteroatoms. The number of carbonyl (C=O) groups excluding carboxylic acids is 2. The molecule has 0 bridgehead atoms. The Kier molecular flexibility index (Phi) is 7.33. The molecule has 0 fully saturated rings. The van der Waals surface area contributed by atoms with Gasteiger partial charge in [-0.1, -0.05) is 30.0 Å². The van der Waals surface area contributed by atoms with E-state index in [0.717, 1.165) is 11.3 Å². The summed E-state index contributed by atoms with van der Waals surface area (Å²) in [4.78, 5) is 25.1. The van der Waals surface area contributed by atoms with Crippen LogP contribution in [-0.2, 0) is 11.3 Å². The topological polar surface area (TPSA) is 111 Å². The van der Waals surface area contributed by atoms with Crippen molar-refractivity contribution >= 4 is 46.3 Å². The Morgan fingerprint density at radius 3 is 2.42 bits per heavy atom. The van der Waals surface area contributed by atoms with Crippen molar-refractivity contribution in [3.05, 3.63) is 76.5 Å². The highest BCUT2D eigenvalue weighted by molar-refractivity contribution is 7.99. The molecular weight excluding hydrogens is 460 g/mol. The number of aromatic nitrogens is 4. The third-order valence-electron chi connectivity index (χ3n) is 4.49. The average molecular weight is 481 g/mol. The average Bonchev–Trinajstić information content (AvgIpc) is 3.52. The standard InChI is InChI=1S/C22H20N6O3S2/c1-31-18-10-4-15(5-11-18)13-28-22(25-26-27-28)33-14-20(29)23-16-6-8-17(9-7-16)24-21(30)19-3-2-12-32-19/h2-12H,13-14H2,1H3,(H,23,29)(H,24,30). The number of amides is 2. The van der Waals surface area contributed by atoms with Crippen LogP contribution in [0.25, 0.3) is 0 Å². The Morgan fingerprint density at radius 2 is 1.76 bits per heavy atom. The molecule has 0 atom stereocenters. The van der Waals surface area contributed by atoms with Crippen LogP contribution < -0.4 is 15.4 Å². The van der Waals surface area contributed by atoms with Crippen LogP contribution in [0, 0.1) is 0 Å². The van der Waals surface area contributed by atoms with Gasteiger partial charge in [0.15, 0.2) is 0 Å². The fourth-order valence-electron chi connectivity index (χ4n) is 2.87. The van der Waals surface area contributed by atoms with E-state index in [1.165, 1.54) is 23.1 Å². The number of hydrogen-bond donors (Lipinski definition) is 2. The van der Waals surface area contributed by atoms with Crippen LogP contribution in [0.1, 0.15) is 15.2 Å². The largest absolute Gasteiger partial charge is 0.497 e.